The number of alkyl halides is 3. The summed E-state index contributed by atoms with van der Waals surface area (Å²) in [5.74, 6) is 0.169. The normalized spacial score (nSPS) is 19.9. The molecule has 0 aliphatic carbocycles. The molecule has 1 N–H and O–H groups in total. The third-order valence-corrected chi connectivity index (χ3v) is 6.87. The Morgan fingerprint density at radius 3 is 2.12 bits per heavy atom. The number of hydrogen-bond donors (Lipinski definition) is 1. The quantitative estimate of drug-likeness (QED) is 0.677. The van der Waals surface area contributed by atoms with Crippen LogP contribution in [-0.4, -0.2) is 62.1 Å². The van der Waals surface area contributed by atoms with Crippen LogP contribution in [0.4, 0.5) is 29.3 Å². The molecule has 0 aromatic heterocycles. The highest BCUT2D eigenvalue weighted by Crippen LogP contribution is 2.33. The average Bonchev–Trinajstić information content (AvgIpc) is 3.30. The SMILES string of the molecule is CN(C)C1CCN(c2ccc(NC(=O)N3CCC(c4ccc(C(F)(F)F)cc4)CC3)cc2)C1. The lowest BCUT2D eigenvalue weighted by Crippen LogP contribution is -2.40. The van der Waals surface area contributed by atoms with Crippen LogP contribution in [0.15, 0.2) is 48.5 Å². The molecule has 2 aliphatic heterocycles. The molecule has 0 bridgehead atoms. The molecule has 2 amide bonds. The van der Waals surface area contributed by atoms with Gasteiger partial charge in [0.1, 0.15) is 0 Å². The Morgan fingerprint density at radius 1 is 0.939 bits per heavy atom. The molecule has 5 nitrogen and oxygen atoms in total. The Labute approximate surface area is 193 Å². The molecule has 1 atom stereocenters. The summed E-state index contributed by atoms with van der Waals surface area (Å²) in [5.41, 5.74) is 2.19. The first-order chi connectivity index (χ1) is 15.7. The van der Waals surface area contributed by atoms with Crippen LogP contribution in [0.3, 0.4) is 0 Å². The van der Waals surface area contributed by atoms with Gasteiger partial charge in [-0.2, -0.15) is 13.2 Å². The molecule has 1 unspecified atom stereocenters. The first kappa shape index (κ1) is 23.4. The van der Waals surface area contributed by atoms with Crippen LogP contribution in [0.25, 0.3) is 0 Å². The number of likely N-dealkylation sites (N-methyl/N-ethyl adjacent to an activating group) is 1. The van der Waals surface area contributed by atoms with Gasteiger partial charge < -0.3 is 20.0 Å². The molecule has 178 valence electrons. The van der Waals surface area contributed by atoms with Crippen molar-refractivity contribution < 1.29 is 18.0 Å². The van der Waals surface area contributed by atoms with Crippen molar-refractivity contribution in [2.75, 3.05) is 50.5 Å². The van der Waals surface area contributed by atoms with Gasteiger partial charge >= 0.3 is 12.2 Å². The van der Waals surface area contributed by atoms with Gasteiger partial charge in [-0.1, -0.05) is 12.1 Å². The standard InChI is InChI=1S/C25H31F3N4O/c1-30(2)23-13-16-32(17-23)22-9-7-21(8-10-22)29-24(33)31-14-11-19(12-15-31)18-3-5-20(6-4-18)25(26,27)28/h3-10,19,23H,11-17H2,1-2H3,(H,29,33). The minimum atomic E-state index is -4.32. The van der Waals surface area contributed by atoms with Crippen LogP contribution >= 0.6 is 0 Å². The van der Waals surface area contributed by atoms with E-state index in [1.807, 2.05) is 24.3 Å². The van der Waals surface area contributed by atoms with Crippen LogP contribution in [0.1, 0.15) is 36.3 Å². The summed E-state index contributed by atoms with van der Waals surface area (Å²) >= 11 is 0. The number of carbonyl (C=O) groups excluding carboxylic acids is 1. The van der Waals surface area contributed by atoms with Crippen molar-refractivity contribution in [1.29, 1.82) is 0 Å². The van der Waals surface area contributed by atoms with E-state index < -0.39 is 11.7 Å². The second-order valence-corrected chi connectivity index (χ2v) is 9.21. The number of nitrogens with one attached hydrogen (secondary N) is 1. The molecule has 33 heavy (non-hydrogen) atoms. The fraction of sp³-hybridized carbons (Fsp3) is 0.480. The molecular weight excluding hydrogens is 429 g/mol. The zero-order chi connectivity index (χ0) is 23.6. The van der Waals surface area contributed by atoms with E-state index in [1.165, 1.54) is 0 Å². The minimum absolute atomic E-state index is 0.137. The monoisotopic (exact) mass is 460 g/mol. The molecule has 0 radical (unpaired) electrons. The van der Waals surface area contributed by atoms with E-state index in [9.17, 15) is 18.0 Å². The first-order valence-electron chi connectivity index (χ1n) is 11.5. The molecule has 2 aromatic carbocycles. The van der Waals surface area contributed by atoms with Crippen LogP contribution in [0, 0.1) is 0 Å². The molecule has 2 aromatic rings. The van der Waals surface area contributed by atoms with Crippen molar-refractivity contribution in [3.63, 3.8) is 0 Å². The number of piperidine rings is 1. The van der Waals surface area contributed by atoms with Crippen LogP contribution in [-0.2, 0) is 6.18 Å². The number of amides is 2. The van der Waals surface area contributed by atoms with Gasteiger partial charge in [-0.05, 0) is 81.2 Å². The van der Waals surface area contributed by atoms with Gasteiger partial charge in [-0.15, -0.1) is 0 Å². The maximum absolute atomic E-state index is 12.8. The maximum atomic E-state index is 12.8. The van der Waals surface area contributed by atoms with Gasteiger partial charge in [0, 0.05) is 43.6 Å². The van der Waals surface area contributed by atoms with Gasteiger partial charge in [-0.25, -0.2) is 4.79 Å². The largest absolute Gasteiger partial charge is 0.416 e. The number of likely N-dealkylation sites (tertiary alicyclic amines) is 1. The summed E-state index contributed by atoms with van der Waals surface area (Å²) in [4.78, 5) is 19.1. The number of halogens is 3. The Bertz CT molecular complexity index is 936. The van der Waals surface area contributed by atoms with E-state index in [1.54, 1.807) is 17.0 Å². The Kier molecular flexibility index (Phi) is 6.83. The van der Waals surface area contributed by atoms with Gasteiger partial charge in [0.05, 0.1) is 5.56 Å². The van der Waals surface area contributed by atoms with E-state index >= 15 is 0 Å². The highest BCUT2D eigenvalue weighted by molar-refractivity contribution is 5.89. The van der Waals surface area contributed by atoms with Crippen molar-refractivity contribution in [2.24, 2.45) is 0 Å². The number of rotatable bonds is 4. The van der Waals surface area contributed by atoms with E-state index in [0.29, 0.717) is 19.1 Å². The van der Waals surface area contributed by atoms with Gasteiger partial charge in [0.15, 0.2) is 0 Å². The lowest BCUT2D eigenvalue weighted by Gasteiger charge is -2.32. The van der Waals surface area contributed by atoms with Crippen molar-refractivity contribution in [3.8, 4) is 0 Å². The number of carbonyl (C=O) groups is 1. The molecule has 8 heteroatoms. The fourth-order valence-electron chi connectivity index (χ4n) is 4.72. The second-order valence-electron chi connectivity index (χ2n) is 9.21. The van der Waals surface area contributed by atoms with Crippen LogP contribution in [0.5, 0.6) is 0 Å². The lowest BCUT2D eigenvalue weighted by atomic mass is 9.89. The van der Waals surface area contributed by atoms with Crippen molar-refractivity contribution in [3.05, 3.63) is 59.7 Å². The smallest absolute Gasteiger partial charge is 0.370 e. The number of hydrogen-bond acceptors (Lipinski definition) is 3. The maximum Gasteiger partial charge on any atom is 0.416 e. The van der Waals surface area contributed by atoms with E-state index in [2.05, 4.69) is 29.2 Å². The predicted octanol–water partition coefficient (Wildman–Crippen LogP) is 5.26. The van der Waals surface area contributed by atoms with E-state index in [0.717, 1.165) is 61.4 Å². The molecule has 2 aliphatic rings. The fourth-order valence-corrected chi connectivity index (χ4v) is 4.72. The third kappa shape index (κ3) is 5.61. The van der Waals surface area contributed by atoms with Crippen molar-refractivity contribution in [1.82, 2.24) is 9.80 Å². The molecular formula is C25H31F3N4O. The second kappa shape index (κ2) is 9.63. The van der Waals surface area contributed by atoms with Gasteiger partial charge in [-0.3, -0.25) is 0 Å². The van der Waals surface area contributed by atoms with Crippen LogP contribution < -0.4 is 10.2 Å². The third-order valence-electron chi connectivity index (χ3n) is 6.87. The summed E-state index contributed by atoms with van der Waals surface area (Å²) in [5, 5.41) is 2.97. The zero-order valence-electron chi connectivity index (χ0n) is 19.1. The van der Waals surface area contributed by atoms with E-state index in [4.69, 9.17) is 0 Å². The first-order valence-corrected chi connectivity index (χ1v) is 11.5. The molecule has 2 fully saturated rings. The molecule has 0 spiro atoms. The summed E-state index contributed by atoms with van der Waals surface area (Å²) < 4.78 is 38.3. The van der Waals surface area contributed by atoms with Gasteiger partial charge in [0.2, 0.25) is 0 Å². The lowest BCUT2D eigenvalue weighted by molar-refractivity contribution is -0.137. The van der Waals surface area contributed by atoms with Crippen molar-refractivity contribution >= 4 is 17.4 Å². The number of benzene rings is 2. The summed E-state index contributed by atoms with van der Waals surface area (Å²) in [7, 11) is 4.22. The molecule has 4 rings (SSSR count). The topological polar surface area (TPSA) is 38.8 Å². The highest BCUT2D eigenvalue weighted by Gasteiger charge is 2.31. The number of anilines is 2. The van der Waals surface area contributed by atoms with Gasteiger partial charge in [0.25, 0.3) is 0 Å². The van der Waals surface area contributed by atoms with Crippen molar-refractivity contribution in [2.45, 2.75) is 37.4 Å². The number of urea groups is 1. The summed E-state index contributed by atoms with van der Waals surface area (Å²) in [6.07, 6.45) is -1.70. The summed E-state index contributed by atoms with van der Waals surface area (Å²) in [6.45, 7) is 3.19. The molecule has 2 heterocycles. The highest BCUT2D eigenvalue weighted by atomic mass is 19.4. The zero-order valence-corrected chi connectivity index (χ0v) is 19.1. The van der Waals surface area contributed by atoms with Crippen LogP contribution in [0.2, 0.25) is 0 Å². The summed E-state index contributed by atoms with van der Waals surface area (Å²) in [6, 6.07) is 13.8. The Balaban J connectivity index is 1.27. The average molecular weight is 461 g/mol. The Morgan fingerprint density at radius 2 is 1.58 bits per heavy atom. The minimum Gasteiger partial charge on any atom is -0.370 e. The predicted molar refractivity (Wildman–Crippen MR) is 125 cm³/mol. The Hall–Kier alpha value is -2.74. The van der Waals surface area contributed by atoms with E-state index in [-0.39, 0.29) is 11.9 Å². The molecule has 2 saturated heterocycles. The molecule has 0 saturated carbocycles. The number of nitrogens with zero attached hydrogens (tertiary/aromatic N) is 3.